The highest BCUT2D eigenvalue weighted by Crippen LogP contribution is 2.15. The normalized spacial score (nSPS) is 19.2. The van der Waals surface area contributed by atoms with Gasteiger partial charge in [0.2, 0.25) is 0 Å². The van der Waals surface area contributed by atoms with Crippen LogP contribution in [-0.2, 0) is 0 Å². The van der Waals surface area contributed by atoms with Crippen LogP contribution in [0, 0.1) is 17.8 Å². The molecule has 0 aromatic carbocycles. The fraction of sp³-hybridized carbons (Fsp3) is 0.867. The Kier molecular flexibility index (Phi) is 16.2. The van der Waals surface area contributed by atoms with Crippen molar-refractivity contribution in [2.75, 3.05) is 19.6 Å². The van der Waals surface area contributed by atoms with Crippen LogP contribution in [-0.4, -0.2) is 24.5 Å². The quantitative estimate of drug-likeness (QED) is 0.637. The van der Waals surface area contributed by atoms with E-state index in [1.54, 1.807) is 0 Å². The average Bonchev–Trinajstić information content (AvgIpc) is 2.36. The Morgan fingerprint density at radius 2 is 1.81 bits per heavy atom. The van der Waals surface area contributed by atoms with Crippen molar-refractivity contribution in [2.24, 2.45) is 5.92 Å². The van der Waals surface area contributed by atoms with E-state index in [1.165, 1.54) is 38.9 Å². The lowest BCUT2D eigenvalue weighted by atomic mass is 9.98. The van der Waals surface area contributed by atoms with E-state index in [-0.39, 0.29) is 0 Å². The van der Waals surface area contributed by atoms with Crippen LogP contribution in [0.5, 0.6) is 0 Å². The molecule has 0 N–H and O–H groups in total. The van der Waals surface area contributed by atoms with Crippen LogP contribution in [0.25, 0.3) is 0 Å². The molecule has 1 atom stereocenters. The molecule has 1 nitrogen and oxygen atoms in total. The highest BCUT2D eigenvalue weighted by molar-refractivity contribution is 5.02. The fourth-order valence-corrected chi connectivity index (χ4v) is 1.90. The van der Waals surface area contributed by atoms with E-state index < -0.39 is 0 Å². The summed E-state index contributed by atoms with van der Waals surface area (Å²) < 4.78 is 0. The summed E-state index contributed by atoms with van der Waals surface area (Å²) in [5.74, 6) is 6.95. The largest absolute Gasteiger partial charge is 0.302 e. The van der Waals surface area contributed by atoms with Gasteiger partial charge in [-0.25, -0.2) is 0 Å². The van der Waals surface area contributed by atoms with Crippen LogP contribution in [0.2, 0.25) is 0 Å². The number of likely N-dealkylation sites (tertiary alicyclic amines) is 1. The van der Waals surface area contributed by atoms with Crippen LogP contribution in [0.1, 0.15) is 60.8 Å². The van der Waals surface area contributed by atoms with E-state index in [1.807, 2.05) is 34.6 Å². The summed E-state index contributed by atoms with van der Waals surface area (Å²) in [6.07, 6.45) is 3.91. The third-order valence-electron chi connectivity index (χ3n) is 2.39. The first-order valence-corrected chi connectivity index (χ1v) is 7.01. The molecule has 1 rings (SSSR count). The molecular formula is C15H31N. The number of hydrogen-bond acceptors (Lipinski definition) is 1. The second kappa shape index (κ2) is 14.5. The third kappa shape index (κ3) is 8.80. The monoisotopic (exact) mass is 225 g/mol. The molecule has 1 heteroatoms. The molecule has 0 aromatic heterocycles. The molecule has 1 saturated heterocycles. The van der Waals surface area contributed by atoms with Crippen molar-refractivity contribution in [1.29, 1.82) is 0 Å². The standard InChI is InChI=1S/C11H19N.2C2H6/c1-3-6-11-7-5-9-12(10-11)8-4-2;2*1-2/h11H,4-5,7-10H2,1-2H3;2*1-2H3. The molecule has 1 unspecified atom stereocenters. The van der Waals surface area contributed by atoms with Crippen molar-refractivity contribution in [3.63, 3.8) is 0 Å². The molecule has 1 aliphatic heterocycles. The van der Waals surface area contributed by atoms with Crippen LogP contribution in [0.4, 0.5) is 0 Å². The number of rotatable bonds is 2. The SMILES string of the molecule is CC.CC.CC#CC1CCCN(CCC)C1. The zero-order chi connectivity index (χ0) is 12.8. The molecule has 1 fully saturated rings. The Morgan fingerprint density at radius 1 is 1.19 bits per heavy atom. The fourth-order valence-electron chi connectivity index (χ4n) is 1.90. The number of hydrogen-bond donors (Lipinski definition) is 0. The van der Waals surface area contributed by atoms with Gasteiger partial charge in [-0.3, -0.25) is 0 Å². The van der Waals surface area contributed by atoms with Gasteiger partial charge < -0.3 is 4.90 Å². The van der Waals surface area contributed by atoms with Crippen molar-refractivity contribution in [3.05, 3.63) is 0 Å². The lowest BCUT2D eigenvalue weighted by Crippen LogP contribution is -2.35. The summed E-state index contributed by atoms with van der Waals surface area (Å²) >= 11 is 0. The summed E-state index contributed by atoms with van der Waals surface area (Å²) in [7, 11) is 0. The zero-order valence-electron chi connectivity index (χ0n) is 12.3. The summed E-state index contributed by atoms with van der Waals surface area (Å²) in [5.41, 5.74) is 0. The van der Waals surface area contributed by atoms with Crippen molar-refractivity contribution in [3.8, 4) is 11.8 Å². The van der Waals surface area contributed by atoms with Crippen molar-refractivity contribution < 1.29 is 0 Å². The second-order valence-corrected chi connectivity index (χ2v) is 3.53. The van der Waals surface area contributed by atoms with Gasteiger partial charge in [-0.1, -0.05) is 40.5 Å². The van der Waals surface area contributed by atoms with Gasteiger partial charge in [0.05, 0.1) is 0 Å². The van der Waals surface area contributed by atoms with Crippen LogP contribution < -0.4 is 0 Å². The summed E-state index contributed by atoms with van der Waals surface area (Å²) in [4.78, 5) is 2.54. The van der Waals surface area contributed by atoms with Gasteiger partial charge in [-0.15, -0.1) is 5.92 Å². The molecule has 0 bridgehead atoms. The van der Waals surface area contributed by atoms with Crippen LogP contribution in [0.3, 0.4) is 0 Å². The highest BCUT2D eigenvalue weighted by Gasteiger charge is 2.16. The van der Waals surface area contributed by atoms with Crippen molar-refractivity contribution in [2.45, 2.75) is 60.8 Å². The third-order valence-corrected chi connectivity index (χ3v) is 2.39. The van der Waals surface area contributed by atoms with Gasteiger partial charge in [0.15, 0.2) is 0 Å². The maximum atomic E-state index is 3.28. The van der Waals surface area contributed by atoms with Gasteiger partial charge in [-0.05, 0) is 39.3 Å². The van der Waals surface area contributed by atoms with Gasteiger partial charge in [0.1, 0.15) is 0 Å². The molecule has 0 spiro atoms. The molecule has 0 aromatic rings. The van der Waals surface area contributed by atoms with Crippen molar-refractivity contribution in [1.82, 2.24) is 4.90 Å². The van der Waals surface area contributed by atoms with E-state index in [2.05, 4.69) is 23.7 Å². The van der Waals surface area contributed by atoms with Crippen LogP contribution in [0.15, 0.2) is 0 Å². The molecule has 0 amide bonds. The Hall–Kier alpha value is -0.480. The van der Waals surface area contributed by atoms with Gasteiger partial charge in [0, 0.05) is 12.5 Å². The van der Waals surface area contributed by atoms with Gasteiger partial charge >= 0.3 is 0 Å². The Morgan fingerprint density at radius 3 is 2.31 bits per heavy atom. The Bertz CT molecular complexity index is 174. The first-order valence-electron chi connectivity index (χ1n) is 7.01. The Balaban J connectivity index is 0. The van der Waals surface area contributed by atoms with Crippen LogP contribution >= 0.6 is 0 Å². The van der Waals surface area contributed by atoms with E-state index in [9.17, 15) is 0 Å². The Labute approximate surface area is 104 Å². The molecule has 0 aliphatic carbocycles. The van der Waals surface area contributed by atoms with Crippen molar-refractivity contribution >= 4 is 0 Å². The first kappa shape index (κ1) is 17.9. The predicted molar refractivity (Wildman–Crippen MR) is 75.6 cm³/mol. The summed E-state index contributed by atoms with van der Waals surface area (Å²) in [6, 6.07) is 0. The smallest absolute Gasteiger partial charge is 0.0330 e. The van der Waals surface area contributed by atoms with Gasteiger partial charge in [-0.2, -0.15) is 0 Å². The summed E-state index contributed by atoms with van der Waals surface area (Å²) in [5, 5.41) is 0. The lowest BCUT2D eigenvalue weighted by Gasteiger charge is -2.29. The van der Waals surface area contributed by atoms with E-state index in [0.717, 1.165) is 0 Å². The maximum absolute atomic E-state index is 3.28. The van der Waals surface area contributed by atoms with Gasteiger partial charge in [0.25, 0.3) is 0 Å². The molecule has 0 saturated carbocycles. The molecule has 1 heterocycles. The van der Waals surface area contributed by atoms with E-state index in [4.69, 9.17) is 0 Å². The summed E-state index contributed by atoms with van der Waals surface area (Å²) in [6.45, 7) is 15.9. The molecule has 1 aliphatic rings. The topological polar surface area (TPSA) is 3.24 Å². The molecule has 0 radical (unpaired) electrons. The maximum Gasteiger partial charge on any atom is 0.0330 e. The highest BCUT2D eigenvalue weighted by atomic mass is 15.1. The van der Waals surface area contributed by atoms with E-state index in [0.29, 0.717) is 5.92 Å². The predicted octanol–water partition coefficient (Wildman–Crippen LogP) is 4.18. The lowest BCUT2D eigenvalue weighted by molar-refractivity contribution is 0.201. The zero-order valence-corrected chi connectivity index (χ0v) is 12.3. The first-order chi connectivity index (χ1) is 7.86. The average molecular weight is 225 g/mol. The van der Waals surface area contributed by atoms with E-state index >= 15 is 0 Å². The number of nitrogens with zero attached hydrogens (tertiary/aromatic N) is 1. The minimum atomic E-state index is 0.648. The molecular weight excluding hydrogens is 194 g/mol. The number of piperidine rings is 1. The molecule has 16 heavy (non-hydrogen) atoms. The minimum Gasteiger partial charge on any atom is -0.302 e. The molecule has 96 valence electrons. The second-order valence-electron chi connectivity index (χ2n) is 3.53. The minimum absolute atomic E-state index is 0.648.